The highest BCUT2D eigenvalue weighted by Crippen LogP contribution is 2.23. The van der Waals surface area contributed by atoms with Crippen molar-refractivity contribution in [3.8, 4) is 5.75 Å². The summed E-state index contributed by atoms with van der Waals surface area (Å²) in [6.45, 7) is 0.597. The highest BCUT2D eigenvalue weighted by molar-refractivity contribution is 5.79. The number of rotatable bonds is 13. The molecule has 8 nitrogen and oxygen atoms in total. The zero-order valence-electron chi connectivity index (χ0n) is 18.4. The van der Waals surface area contributed by atoms with Crippen LogP contribution in [0.1, 0.15) is 44.9 Å². The first-order valence-electron chi connectivity index (χ1n) is 11.5. The fraction of sp³-hybridized carbons (Fsp3) is 0.625. The number of aliphatic hydroxyl groups is 4. The SMILES string of the molecule is OC[C@H]1O[C@@H](O)[C@H](OCCCCCCCCCOc2ccc3ncccc3c2)[C@@H](O)[C@@H]1O. The second-order valence-corrected chi connectivity index (χ2v) is 8.25. The van der Waals surface area contributed by atoms with Crippen LogP contribution in [-0.4, -0.2) is 75.9 Å². The number of fused-ring (bicyclic) bond motifs is 1. The Kier molecular flexibility index (Phi) is 10.1. The molecule has 1 aliphatic rings. The normalized spacial score (nSPS) is 25.8. The molecule has 0 unspecified atom stereocenters. The van der Waals surface area contributed by atoms with Crippen molar-refractivity contribution < 1.29 is 34.6 Å². The molecule has 0 aliphatic carbocycles. The number of unbranched alkanes of at least 4 members (excludes halogenated alkanes) is 6. The molecule has 0 amide bonds. The number of ether oxygens (including phenoxy) is 3. The molecule has 1 aliphatic heterocycles. The van der Waals surface area contributed by atoms with Crippen molar-refractivity contribution in [3.05, 3.63) is 36.5 Å². The lowest BCUT2D eigenvalue weighted by molar-refractivity contribution is -0.296. The van der Waals surface area contributed by atoms with Gasteiger partial charge in [-0.3, -0.25) is 4.98 Å². The third kappa shape index (κ3) is 7.10. The first kappa shape index (κ1) is 24.8. The van der Waals surface area contributed by atoms with E-state index in [0.717, 1.165) is 61.6 Å². The average Bonchev–Trinajstić information content (AvgIpc) is 2.81. The van der Waals surface area contributed by atoms with Crippen LogP contribution >= 0.6 is 0 Å². The van der Waals surface area contributed by atoms with Crippen LogP contribution in [-0.2, 0) is 9.47 Å². The molecule has 0 radical (unpaired) electrons. The van der Waals surface area contributed by atoms with E-state index < -0.39 is 37.3 Å². The molecule has 0 bridgehead atoms. The molecule has 8 heteroatoms. The number of aromatic nitrogens is 1. The summed E-state index contributed by atoms with van der Waals surface area (Å²) in [6, 6.07) is 9.91. The highest BCUT2D eigenvalue weighted by atomic mass is 16.7. The predicted octanol–water partition coefficient (Wildman–Crippen LogP) is 2.16. The summed E-state index contributed by atoms with van der Waals surface area (Å²) in [6.07, 6.45) is 3.14. The van der Waals surface area contributed by atoms with Gasteiger partial charge in [0.05, 0.1) is 18.7 Å². The van der Waals surface area contributed by atoms with Gasteiger partial charge in [0.15, 0.2) is 6.29 Å². The van der Waals surface area contributed by atoms with Gasteiger partial charge in [-0.1, -0.05) is 38.2 Å². The monoisotopic (exact) mass is 449 g/mol. The standard InChI is InChI=1S/C24H35NO7/c26-16-20-21(27)22(28)23(24(29)32-20)31-14-7-5-3-1-2-4-6-13-30-18-10-11-19-17(15-18)9-8-12-25-19/h8-12,15,20-24,26-29H,1-7,13-14,16H2/t20-,21-,22+,23-,24-/m1/s1. The quantitative estimate of drug-likeness (QED) is 0.343. The molecule has 0 spiro atoms. The Balaban J connectivity index is 1.18. The van der Waals surface area contributed by atoms with Gasteiger partial charge in [0.25, 0.3) is 0 Å². The molecule has 5 atom stereocenters. The van der Waals surface area contributed by atoms with Crippen molar-refractivity contribution in [2.24, 2.45) is 0 Å². The lowest BCUT2D eigenvalue weighted by atomic mass is 9.99. The summed E-state index contributed by atoms with van der Waals surface area (Å²) in [4.78, 5) is 4.31. The van der Waals surface area contributed by atoms with Crippen molar-refractivity contribution in [1.29, 1.82) is 0 Å². The summed E-state index contributed by atoms with van der Waals surface area (Å²) in [7, 11) is 0. The van der Waals surface area contributed by atoms with Crippen LogP contribution in [0, 0.1) is 0 Å². The maximum absolute atomic E-state index is 10.0. The lowest BCUT2D eigenvalue weighted by Gasteiger charge is -2.39. The number of aliphatic hydroxyl groups excluding tert-OH is 4. The van der Waals surface area contributed by atoms with E-state index in [2.05, 4.69) is 4.98 Å². The molecule has 4 N–H and O–H groups in total. The van der Waals surface area contributed by atoms with Crippen LogP contribution in [0.25, 0.3) is 10.9 Å². The molecule has 32 heavy (non-hydrogen) atoms. The van der Waals surface area contributed by atoms with E-state index in [-0.39, 0.29) is 0 Å². The molecule has 1 saturated heterocycles. The Morgan fingerprint density at radius 3 is 2.34 bits per heavy atom. The first-order valence-corrected chi connectivity index (χ1v) is 11.5. The van der Waals surface area contributed by atoms with Crippen molar-refractivity contribution in [2.45, 2.75) is 75.7 Å². The van der Waals surface area contributed by atoms with Gasteiger partial charge < -0.3 is 34.6 Å². The van der Waals surface area contributed by atoms with E-state index in [4.69, 9.17) is 19.3 Å². The van der Waals surface area contributed by atoms with E-state index in [0.29, 0.717) is 13.2 Å². The summed E-state index contributed by atoms with van der Waals surface area (Å²) < 4.78 is 16.4. The first-order chi connectivity index (χ1) is 15.6. The smallest absolute Gasteiger partial charge is 0.184 e. The van der Waals surface area contributed by atoms with Crippen molar-refractivity contribution >= 4 is 10.9 Å². The maximum Gasteiger partial charge on any atom is 0.184 e. The fourth-order valence-electron chi connectivity index (χ4n) is 3.89. The van der Waals surface area contributed by atoms with Gasteiger partial charge in [0.1, 0.15) is 30.2 Å². The zero-order valence-corrected chi connectivity index (χ0v) is 18.4. The Morgan fingerprint density at radius 2 is 1.59 bits per heavy atom. The summed E-state index contributed by atoms with van der Waals surface area (Å²) in [5, 5.41) is 39.9. The molecule has 1 aromatic carbocycles. The van der Waals surface area contributed by atoms with Crippen LogP contribution in [0.4, 0.5) is 0 Å². The van der Waals surface area contributed by atoms with Gasteiger partial charge in [0.2, 0.25) is 0 Å². The topological polar surface area (TPSA) is 122 Å². The van der Waals surface area contributed by atoms with Crippen molar-refractivity contribution in [3.63, 3.8) is 0 Å². The molecular formula is C24H35NO7. The maximum atomic E-state index is 10.0. The molecular weight excluding hydrogens is 414 g/mol. The summed E-state index contributed by atoms with van der Waals surface area (Å²) >= 11 is 0. The molecule has 178 valence electrons. The molecule has 2 heterocycles. The molecule has 3 rings (SSSR count). The van der Waals surface area contributed by atoms with Crippen molar-refractivity contribution in [2.75, 3.05) is 19.8 Å². The second kappa shape index (κ2) is 13.0. The van der Waals surface area contributed by atoms with Gasteiger partial charge >= 0.3 is 0 Å². The Hall–Kier alpha value is -1.81. The van der Waals surface area contributed by atoms with Gasteiger partial charge in [-0.25, -0.2) is 0 Å². The molecule has 2 aromatic rings. The Labute approximate surface area is 188 Å². The zero-order chi connectivity index (χ0) is 22.8. The van der Waals surface area contributed by atoms with E-state index in [1.807, 2.05) is 30.3 Å². The van der Waals surface area contributed by atoms with Gasteiger partial charge in [-0.15, -0.1) is 0 Å². The van der Waals surface area contributed by atoms with E-state index >= 15 is 0 Å². The number of pyridine rings is 1. The predicted molar refractivity (Wildman–Crippen MR) is 119 cm³/mol. The average molecular weight is 450 g/mol. The van der Waals surface area contributed by atoms with Crippen LogP contribution in [0.3, 0.4) is 0 Å². The van der Waals surface area contributed by atoms with Crippen LogP contribution in [0.2, 0.25) is 0 Å². The van der Waals surface area contributed by atoms with E-state index in [1.54, 1.807) is 6.20 Å². The highest BCUT2D eigenvalue weighted by Gasteiger charge is 2.44. The molecule has 0 saturated carbocycles. The Morgan fingerprint density at radius 1 is 0.875 bits per heavy atom. The number of nitrogens with zero attached hydrogens (tertiary/aromatic N) is 1. The lowest BCUT2D eigenvalue weighted by Crippen LogP contribution is -2.59. The van der Waals surface area contributed by atoms with E-state index in [1.165, 1.54) is 0 Å². The number of hydrogen-bond acceptors (Lipinski definition) is 8. The minimum atomic E-state index is -1.36. The third-order valence-corrected chi connectivity index (χ3v) is 5.78. The number of benzene rings is 1. The summed E-state index contributed by atoms with van der Waals surface area (Å²) in [5.41, 5.74) is 0.970. The van der Waals surface area contributed by atoms with Gasteiger partial charge in [-0.2, -0.15) is 0 Å². The molecule has 1 aromatic heterocycles. The molecule has 1 fully saturated rings. The van der Waals surface area contributed by atoms with Crippen LogP contribution in [0.5, 0.6) is 5.75 Å². The minimum Gasteiger partial charge on any atom is -0.494 e. The van der Waals surface area contributed by atoms with Crippen molar-refractivity contribution in [1.82, 2.24) is 4.98 Å². The fourth-order valence-corrected chi connectivity index (χ4v) is 3.89. The second-order valence-electron chi connectivity index (χ2n) is 8.25. The van der Waals surface area contributed by atoms with E-state index in [9.17, 15) is 15.3 Å². The van der Waals surface area contributed by atoms with Gasteiger partial charge in [0, 0.05) is 18.2 Å². The van der Waals surface area contributed by atoms with Gasteiger partial charge in [-0.05, 0) is 37.1 Å². The van der Waals surface area contributed by atoms with Crippen LogP contribution in [0.15, 0.2) is 36.5 Å². The summed E-state index contributed by atoms with van der Waals surface area (Å²) in [5.74, 6) is 0.878. The van der Waals surface area contributed by atoms with Crippen LogP contribution < -0.4 is 4.74 Å². The number of hydrogen-bond donors (Lipinski definition) is 4. The third-order valence-electron chi connectivity index (χ3n) is 5.78. The Bertz CT molecular complexity index is 805. The minimum absolute atomic E-state index is 0.369. The largest absolute Gasteiger partial charge is 0.494 e.